The summed E-state index contributed by atoms with van der Waals surface area (Å²) in [7, 11) is 0. The number of aromatic nitrogens is 3. The van der Waals surface area contributed by atoms with Crippen molar-refractivity contribution in [2.75, 3.05) is 31.1 Å². The molecule has 8 heteroatoms. The molecule has 3 aromatic rings. The summed E-state index contributed by atoms with van der Waals surface area (Å²) >= 11 is 12.4. The van der Waals surface area contributed by atoms with E-state index in [9.17, 15) is 5.11 Å². The molecule has 2 N–H and O–H groups in total. The molecule has 27 heavy (non-hydrogen) atoms. The van der Waals surface area contributed by atoms with Crippen LogP contribution in [0.25, 0.3) is 11.0 Å². The number of nitrogens with one attached hydrogen (secondary N) is 1. The van der Waals surface area contributed by atoms with Crippen LogP contribution >= 0.6 is 23.2 Å². The van der Waals surface area contributed by atoms with Crippen LogP contribution in [0.3, 0.4) is 0 Å². The first kappa shape index (κ1) is 18.5. The standard InChI is InChI=1S/C19H21Cl2N5O/c1-12(16-4-2-13(20)8-17(16)21)26-19-9-15(3-5-18(19)23-24-26)25-7-6-22-14(10-25)11-27/h2-5,8-9,12,14,22,27H,6-7,10-11H2,1H3/t12-,14?/m1/s1. The second-order valence-electron chi connectivity index (χ2n) is 6.83. The minimum absolute atomic E-state index is 0.0803. The lowest BCUT2D eigenvalue weighted by Gasteiger charge is -2.34. The Morgan fingerprint density at radius 2 is 2.11 bits per heavy atom. The second kappa shape index (κ2) is 7.64. The average molecular weight is 406 g/mol. The largest absolute Gasteiger partial charge is 0.395 e. The van der Waals surface area contributed by atoms with Gasteiger partial charge >= 0.3 is 0 Å². The predicted octanol–water partition coefficient (Wildman–Crippen LogP) is 3.12. The summed E-state index contributed by atoms with van der Waals surface area (Å²) < 4.78 is 1.89. The first-order chi connectivity index (χ1) is 13.1. The Hall–Kier alpha value is -1.86. The molecule has 2 heterocycles. The highest BCUT2D eigenvalue weighted by Gasteiger charge is 2.21. The van der Waals surface area contributed by atoms with Gasteiger partial charge in [-0.25, -0.2) is 4.68 Å². The van der Waals surface area contributed by atoms with Gasteiger partial charge in [0.15, 0.2) is 0 Å². The summed E-state index contributed by atoms with van der Waals surface area (Å²) in [5, 5.41) is 22.6. The number of rotatable bonds is 4. The van der Waals surface area contributed by atoms with Gasteiger partial charge in [-0.05, 0) is 42.8 Å². The fraction of sp³-hybridized carbons (Fsp3) is 0.368. The molecule has 142 valence electrons. The zero-order valence-corrected chi connectivity index (χ0v) is 16.5. The fourth-order valence-corrected chi connectivity index (χ4v) is 4.13. The van der Waals surface area contributed by atoms with Gasteiger partial charge in [0.05, 0.1) is 18.2 Å². The van der Waals surface area contributed by atoms with E-state index in [4.69, 9.17) is 23.2 Å². The van der Waals surface area contributed by atoms with Crippen molar-refractivity contribution in [3.63, 3.8) is 0 Å². The number of nitrogens with zero attached hydrogens (tertiary/aromatic N) is 4. The molecule has 0 saturated carbocycles. The first-order valence-electron chi connectivity index (χ1n) is 8.96. The third kappa shape index (κ3) is 3.62. The van der Waals surface area contributed by atoms with Gasteiger partial charge in [0.25, 0.3) is 0 Å². The van der Waals surface area contributed by atoms with Gasteiger partial charge in [0.2, 0.25) is 0 Å². The number of piperazine rings is 1. The number of halogens is 2. The molecule has 6 nitrogen and oxygen atoms in total. The maximum Gasteiger partial charge on any atom is 0.113 e. The summed E-state index contributed by atoms with van der Waals surface area (Å²) in [5.41, 5.74) is 3.83. The van der Waals surface area contributed by atoms with Gasteiger partial charge in [-0.2, -0.15) is 0 Å². The maximum atomic E-state index is 9.45. The third-order valence-corrected chi connectivity index (χ3v) is 5.64. The molecule has 0 radical (unpaired) electrons. The van der Waals surface area contributed by atoms with Crippen LogP contribution < -0.4 is 10.2 Å². The number of hydrogen-bond acceptors (Lipinski definition) is 5. The van der Waals surface area contributed by atoms with Crippen LogP contribution in [-0.2, 0) is 0 Å². The van der Waals surface area contributed by atoms with E-state index in [0.717, 1.165) is 41.9 Å². The molecule has 1 saturated heterocycles. The molecule has 1 aliphatic rings. The van der Waals surface area contributed by atoms with E-state index in [0.29, 0.717) is 10.0 Å². The van der Waals surface area contributed by atoms with E-state index in [-0.39, 0.29) is 18.7 Å². The summed E-state index contributed by atoms with van der Waals surface area (Å²) in [6.45, 7) is 4.68. The Balaban J connectivity index is 1.70. The molecule has 1 fully saturated rings. The summed E-state index contributed by atoms with van der Waals surface area (Å²) in [6.07, 6.45) is 0. The van der Waals surface area contributed by atoms with Crippen molar-refractivity contribution >= 4 is 39.9 Å². The minimum atomic E-state index is -0.0803. The van der Waals surface area contributed by atoms with E-state index in [1.165, 1.54) is 0 Å². The van der Waals surface area contributed by atoms with Crippen molar-refractivity contribution in [2.24, 2.45) is 0 Å². The number of aliphatic hydroxyl groups excluding tert-OH is 1. The van der Waals surface area contributed by atoms with E-state index in [1.807, 2.05) is 29.8 Å². The van der Waals surface area contributed by atoms with Crippen molar-refractivity contribution in [2.45, 2.75) is 19.0 Å². The topological polar surface area (TPSA) is 66.2 Å². The number of benzene rings is 2. The average Bonchev–Trinajstić information content (AvgIpc) is 3.11. The molecule has 0 spiro atoms. The van der Waals surface area contributed by atoms with E-state index in [1.54, 1.807) is 6.07 Å². The number of aliphatic hydroxyl groups is 1. The Bertz CT molecular complexity index is 960. The highest BCUT2D eigenvalue weighted by molar-refractivity contribution is 6.35. The Kier molecular flexibility index (Phi) is 5.23. The highest BCUT2D eigenvalue weighted by atomic mass is 35.5. The SMILES string of the molecule is C[C@H](c1ccc(Cl)cc1Cl)n1nnc2ccc(N3CCNC(CO)C3)cc21. The monoisotopic (exact) mass is 405 g/mol. The van der Waals surface area contributed by atoms with E-state index >= 15 is 0 Å². The van der Waals surface area contributed by atoms with E-state index < -0.39 is 0 Å². The Labute approximate surface area is 167 Å². The third-order valence-electron chi connectivity index (χ3n) is 5.08. The molecule has 1 aromatic heterocycles. The van der Waals surface area contributed by atoms with Gasteiger partial charge in [0.1, 0.15) is 5.52 Å². The number of fused-ring (bicyclic) bond motifs is 1. The van der Waals surface area contributed by atoms with Crippen molar-refractivity contribution in [3.05, 3.63) is 52.0 Å². The van der Waals surface area contributed by atoms with Crippen molar-refractivity contribution in [1.29, 1.82) is 0 Å². The fourth-order valence-electron chi connectivity index (χ4n) is 3.56. The zero-order valence-electron chi connectivity index (χ0n) is 14.9. The molecule has 0 aliphatic carbocycles. The van der Waals surface area contributed by atoms with Crippen LogP contribution in [0, 0.1) is 0 Å². The lowest BCUT2D eigenvalue weighted by atomic mass is 10.1. The molecule has 0 amide bonds. The minimum Gasteiger partial charge on any atom is -0.395 e. The first-order valence-corrected chi connectivity index (χ1v) is 9.71. The summed E-state index contributed by atoms with van der Waals surface area (Å²) in [6, 6.07) is 11.7. The van der Waals surface area contributed by atoms with Gasteiger partial charge in [-0.15, -0.1) is 5.10 Å². The second-order valence-corrected chi connectivity index (χ2v) is 7.67. The Morgan fingerprint density at radius 1 is 1.26 bits per heavy atom. The smallest absolute Gasteiger partial charge is 0.113 e. The van der Waals surface area contributed by atoms with Gasteiger partial charge in [0, 0.05) is 41.4 Å². The normalized spacial score (nSPS) is 18.8. The lowest BCUT2D eigenvalue weighted by molar-refractivity contribution is 0.235. The van der Waals surface area contributed by atoms with Crippen LogP contribution in [0.1, 0.15) is 18.5 Å². The summed E-state index contributed by atoms with van der Waals surface area (Å²) in [4.78, 5) is 2.27. The van der Waals surface area contributed by atoms with E-state index in [2.05, 4.69) is 32.7 Å². The van der Waals surface area contributed by atoms with Gasteiger partial charge in [-0.1, -0.05) is 34.5 Å². The molecule has 2 atom stereocenters. The van der Waals surface area contributed by atoms with Crippen LogP contribution in [0.4, 0.5) is 5.69 Å². The Morgan fingerprint density at radius 3 is 2.89 bits per heavy atom. The molecule has 2 aromatic carbocycles. The number of anilines is 1. The van der Waals surface area contributed by atoms with Crippen molar-refractivity contribution in [1.82, 2.24) is 20.3 Å². The number of hydrogen-bond donors (Lipinski definition) is 2. The molecule has 1 aliphatic heterocycles. The van der Waals surface area contributed by atoms with Crippen molar-refractivity contribution in [3.8, 4) is 0 Å². The van der Waals surface area contributed by atoms with Crippen LogP contribution in [0.15, 0.2) is 36.4 Å². The van der Waals surface area contributed by atoms with Crippen LogP contribution in [0.5, 0.6) is 0 Å². The summed E-state index contributed by atoms with van der Waals surface area (Å²) in [5.74, 6) is 0. The van der Waals surface area contributed by atoms with Gasteiger partial charge < -0.3 is 15.3 Å². The van der Waals surface area contributed by atoms with Crippen LogP contribution in [0.2, 0.25) is 10.0 Å². The molecule has 4 rings (SSSR count). The zero-order chi connectivity index (χ0) is 19.0. The highest BCUT2D eigenvalue weighted by Crippen LogP contribution is 2.31. The van der Waals surface area contributed by atoms with Gasteiger partial charge in [-0.3, -0.25) is 0 Å². The van der Waals surface area contributed by atoms with Crippen molar-refractivity contribution < 1.29 is 5.11 Å². The molecule has 0 bridgehead atoms. The van der Waals surface area contributed by atoms with Crippen LogP contribution in [-0.4, -0.2) is 52.4 Å². The lowest BCUT2D eigenvalue weighted by Crippen LogP contribution is -2.52. The maximum absolute atomic E-state index is 9.45. The quantitative estimate of drug-likeness (QED) is 0.697. The molecule has 1 unspecified atom stereocenters. The molecular weight excluding hydrogens is 385 g/mol. The molecular formula is C19H21Cl2N5O. The predicted molar refractivity (Wildman–Crippen MR) is 109 cm³/mol.